The van der Waals surface area contributed by atoms with Crippen molar-refractivity contribution in [2.24, 2.45) is 11.8 Å². The van der Waals surface area contributed by atoms with Gasteiger partial charge in [0.05, 0.1) is 17.1 Å². The second kappa shape index (κ2) is 9.49. The fourth-order valence-corrected chi connectivity index (χ4v) is 4.59. The zero-order valence-corrected chi connectivity index (χ0v) is 17.3. The number of ether oxygens (including phenoxy) is 1. The Kier molecular flexibility index (Phi) is 7.57. The van der Waals surface area contributed by atoms with Gasteiger partial charge in [-0.3, -0.25) is 9.59 Å². The van der Waals surface area contributed by atoms with Gasteiger partial charge in [0.1, 0.15) is 5.82 Å². The van der Waals surface area contributed by atoms with E-state index < -0.39 is 33.5 Å². The SMILES string of the molecule is C[C@@H]1[C@H](C)CCC[C@H]1NC(=O)[C@@H](C)OC(=O)CCS(=O)(=O)c1ccc(F)cc1. The van der Waals surface area contributed by atoms with E-state index in [-0.39, 0.29) is 23.3 Å². The molecule has 1 aromatic carbocycles. The number of hydrogen-bond donors (Lipinski definition) is 1. The van der Waals surface area contributed by atoms with E-state index in [1.165, 1.54) is 6.92 Å². The van der Waals surface area contributed by atoms with Crippen LogP contribution in [0.3, 0.4) is 0 Å². The van der Waals surface area contributed by atoms with Crippen molar-refractivity contribution >= 4 is 21.7 Å². The molecule has 0 saturated heterocycles. The van der Waals surface area contributed by atoms with Crippen molar-refractivity contribution in [1.82, 2.24) is 5.32 Å². The van der Waals surface area contributed by atoms with E-state index in [1.807, 2.05) is 0 Å². The Morgan fingerprint density at radius 3 is 2.50 bits per heavy atom. The summed E-state index contributed by atoms with van der Waals surface area (Å²) in [5.74, 6) is -1.28. The first-order valence-corrected chi connectivity index (χ1v) is 11.2. The predicted octanol–water partition coefficient (Wildman–Crippen LogP) is 2.86. The molecule has 0 bridgehead atoms. The molecule has 1 fully saturated rings. The van der Waals surface area contributed by atoms with Crippen LogP contribution in [0.4, 0.5) is 4.39 Å². The van der Waals surface area contributed by atoms with Crippen LogP contribution in [0.1, 0.15) is 46.5 Å². The predicted molar refractivity (Wildman–Crippen MR) is 103 cm³/mol. The first kappa shape index (κ1) is 22.3. The zero-order chi connectivity index (χ0) is 20.9. The van der Waals surface area contributed by atoms with Gasteiger partial charge in [0.25, 0.3) is 5.91 Å². The van der Waals surface area contributed by atoms with Gasteiger partial charge in [0.15, 0.2) is 15.9 Å². The molecule has 1 aliphatic rings. The molecule has 1 saturated carbocycles. The highest BCUT2D eigenvalue weighted by Gasteiger charge is 2.30. The summed E-state index contributed by atoms with van der Waals surface area (Å²) in [5.41, 5.74) is 0. The number of esters is 1. The summed E-state index contributed by atoms with van der Waals surface area (Å²) in [5, 5.41) is 2.94. The molecule has 0 aliphatic heterocycles. The van der Waals surface area contributed by atoms with E-state index >= 15 is 0 Å². The van der Waals surface area contributed by atoms with Crippen LogP contribution >= 0.6 is 0 Å². The van der Waals surface area contributed by atoms with E-state index in [2.05, 4.69) is 19.2 Å². The molecule has 0 radical (unpaired) electrons. The number of rotatable bonds is 7. The number of carbonyl (C=O) groups excluding carboxylic acids is 2. The van der Waals surface area contributed by atoms with E-state index in [0.29, 0.717) is 11.8 Å². The van der Waals surface area contributed by atoms with Gasteiger partial charge in [-0.05, 0) is 49.4 Å². The highest BCUT2D eigenvalue weighted by Crippen LogP contribution is 2.29. The maximum atomic E-state index is 12.9. The maximum Gasteiger partial charge on any atom is 0.307 e. The average molecular weight is 414 g/mol. The van der Waals surface area contributed by atoms with Crippen LogP contribution in [0.15, 0.2) is 29.2 Å². The first-order chi connectivity index (χ1) is 13.1. The molecule has 1 aromatic rings. The van der Waals surface area contributed by atoms with E-state index in [0.717, 1.165) is 43.5 Å². The highest BCUT2D eigenvalue weighted by atomic mass is 32.2. The van der Waals surface area contributed by atoms with Crippen LogP contribution in [0.25, 0.3) is 0 Å². The summed E-state index contributed by atoms with van der Waals surface area (Å²) in [6.07, 6.45) is 1.71. The van der Waals surface area contributed by atoms with Crippen molar-refractivity contribution in [2.75, 3.05) is 5.75 Å². The number of hydrogen-bond acceptors (Lipinski definition) is 5. The lowest BCUT2D eigenvalue weighted by molar-refractivity contribution is -0.154. The molecule has 0 heterocycles. The number of sulfone groups is 1. The van der Waals surface area contributed by atoms with Crippen molar-refractivity contribution in [1.29, 1.82) is 0 Å². The van der Waals surface area contributed by atoms with Gasteiger partial charge in [-0.2, -0.15) is 0 Å². The smallest absolute Gasteiger partial charge is 0.307 e. The summed E-state index contributed by atoms with van der Waals surface area (Å²) in [7, 11) is -3.73. The van der Waals surface area contributed by atoms with Gasteiger partial charge in [0.2, 0.25) is 0 Å². The molecule has 2 rings (SSSR count). The Balaban J connectivity index is 1.83. The molecule has 1 amide bonds. The molecule has 0 spiro atoms. The topological polar surface area (TPSA) is 89.5 Å². The van der Waals surface area contributed by atoms with E-state index in [1.54, 1.807) is 0 Å². The molecule has 8 heteroatoms. The molecular formula is C20H28FNO5S. The minimum absolute atomic E-state index is 0.0521. The molecule has 1 N–H and O–H groups in total. The van der Waals surface area contributed by atoms with E-state index in [4.69, 9.17) is 4.74 Å². The third kappa shape index (κ3) is 6.02. The van der Waals surface area contributed by atoms with Crippen LogP contribution in [-0.4, -0.2) is 38.2 Å². The molecule has 0 unspecified atom stereocenters. The summed E-state index contributed by atoms with van der Waals surface area (Å²) in [6.45, 7) is 5.73. The van der Waals surface area contributed by atoms with Gasteiger partial charge < -0.3 is 10.1 Å². The number of amides is 1. The summed E-state index contributed by atoms with van der Waals surface area (Å²) < 4.78 is 42.4. The first-order valence-electron chi connectivity index (χ1n) is 9.58. The van der Waals surface area contributed by atoms with Crippen molar-refractivity contribution in [3.8, 4) is 0 Å². The Labute approximate surface area is 165 Å². The lowest BCUT2D eigenvalue weighted by Gasteiger charge is -2.35. The fourth-order valence-electron chi connectivity index (χ4n) is 3.37. The van der Waals surface area contributed by atoms with Crippen molar-refractivity contribution in [3.05, 3.63) is 30.1 Å². The Morgan fingerprint density at radius 2 is 1.86 bits per heavy atom. The van der Waals surface area contributed by atoms with Crippen LogP contribution in [0.5, 0.6) is 0 Å². The van der Waals surface area contributed by atoms with Gasteiger partial charge >= 0.3 is 5.97 Å². The normalized spacial score (nSPS) is 23.6. The monoisotopic (exact) mass is 413 g/mol. The Morgan fingerprint density at radius 1 is 1.21 bits per heavy atom. The maximum absolute atomic E-state index is 12.9. The summed E-state index contributed by atoms with van der Waals surface area (Å²) in [6, 6.07) is 4.45. The third-order valence-corrected chi connectivity index (χ3v) is 7.19. The van der Waals surface area contributed by atoms with Crippen LogP contribution < -0.4 is 5.32 Å². The average Bonchev–Trinajstić information content (AvgIpc) is 2.64. The van der Waals surface area contributed by atoms with Crippen molar-refractivity contribution < 1.29 is 27.1 Å². The van der Waals surface area contributed by atoms with Gasteiger partial charge in [-0.15, -0.1) is 0 Å². The Bertz CT molecular complexity index is 793. The van der Waals surface area contributed by atoms with Gasteiger partial charge in [0, 0.05) is 6.04 Å². The standard InChI is InChI=1S/C20H28FNO5S/c1-13-5-4-6-18(14(13)2)22-20(24)15(3)27-19(23)11-12-28(25,26)17-9-7-16(21)8-10-17/h7-10,13-15,18H,4-6,11-12H2,1-3H3,(H,22,24)/t13-,14-,15-,18-/m1/s1. The largest absolute Gasteiger partial charge is 0.453 e. The van der Waals surface area contributed by atoms with Crippen LogP contribution in [0.2, 0.25) is 0 Å². The number of halogens is 1. The van der Waals surface area contributed by atoms with Gasteiger partial charge in [-0.1, -0.05) is 26.7 Å². The van der Waals surface area contributed by atoms with Crippen molar-refractivity contribution in [3.63, 3.8) is 0 Å². The molecule has 6 nitrogen and oxygen atoms in total. The van der Waals surface area contributed by atoms with Crippen LogP contribution in [-0.2, 0) is 24.2 Å². The molecule has 156 valence electrons. The fraction of sp³-hybridized carbons (Fsp3) is 0.600. The quantitative estimate of drug-likeness (QED) is 0.548. The van der Waals surface area contributed by atoms with E-state index in [9.17, 15) is 22.4 Å². The number of carbonyl (C=O) groups is 2. The number of benzene rings is 1. The van der Waals surface area contributed by atoms with Crippen molar-refractivity contribution in [2.45, 2.75) is 63.5 Å². The summed E-state index contributed by atoms with van der Waals surface area (Å²) >= 11 is 0. The second-order valence-electron chi connectivity index (χ2n) is 7.54. The molecule has 4 atom stereocenters. The third-order valence-electron chi connectivity index (χ3n) is 5.46. The molecule has 1 aliphatic carbocycles. The minimum atomic E-state index is -3.73. The van der Waals surface area contributed by atoms with Gasteiger partial charge in [-0.25, -0.2) is 12.8 Å². The molecular weight excluding hydrogens is 385 g/mol. The molecule has 0 aromatic heterocycles. The van der Waals surface area contributed by atoms with Crippen LogP contribution in [0, 0.1) is 17.7 Å². The lowest BCUT2D eigenvalue weighted by atomic mass is 9.78. The molecule has 28 heavy (non-hydrogen) atoms. The minimum Gasteiger partial charge on any atom is -0.453 e. The number of nitrogens with one attached hydrogen (secondary N) is 1. The second-order valence-corrected chi connectivity index (χ2v) is 9.65. The Hall–Kier alpha value is -1.96. The highest BCUT2D eigenvalue weighted by molar-refractivity contribution is 7.91. The zero-order valence-electron chi connectivity index (χ0n) is 16.5. The summed E-state index contributed by atoms with van der Waals surface area (Å²) in [4.78, 5) is 24.2. The lowest BCUT2D eigenvalue weighted by Crippen LogP contribution is -2.47.